The molecule has 2 rings (SSSR count). The van der Waals surface area contributed by atoms with E-state index >= 15 is 0 Å². The first-order valence-electron chi connectivity index (χ1n) is 6.17. The van der Waals surface area contributed by atoms with Crippen molar-refractivity contribution in [3.05, 3.63) is 36.9 Å². The van der Waals surface area contributed by atoms with Crippen LogP contribution >= 0.6 is 0 Å². The Morgan fingerprint density at radius 2 is 2.11 bits per heavy atom. The lowest BCUT2D eigenvalue weighted by Gasteiger charge is -2.11. The van der Waals surface area contributed by atoms with Gasteiger partial charge in [0.05, 0.1) is 0 Å². The molecule has 0 saturated carbocycles. The lowest BCUT2D eigenvalue weighted by atomic mass is 10.2. The fourth-order valence-electron chi connectivity index (χ4n) is 1.87. The third-order valence-corrected chi connectivity index (χ3v) is 2.83. The molecule has 1 aliphatic rings. The Morgan fingerprint density at radius 3 is 2.72 bits per heavy atom. The van der Waals surface area contributed by atoms with Crippen LogP contribution < -0.4 is 10.6 Å². The summed E-state index contributed by atoms with van der Waals surface area (Å²) in [6.07, 6.45) is 3.28. The van der Waals surface area contributed by atoms with E-state index in [1.165, 1.54) is 0 Å². The second-order valence-electron chi connectivity index (χ2n) is 4.24. The highest BCUT2D eigenvalue weighted by molar-refractivity contribution is 5.94. The molecule has 4 nitrogen and oxygen atoms in total. The number of ether oxygens (including phenoxy) is 1. The Morgan fingerprint density at radius 1 is 1.39 bits per heavy atom. The molecule has 1 fully saturated rings. The highest BCUT2D eigenvalue weighted by Gasteiger charge is 2.23. The molecule has 0 aromatic heterocycles. The van der Waals surface area contributed by atoms with Gasteiger partial charge in [0.25, 0.3) is 5.91 Å². The topological polar surface area (TPSA) is 50.4 Å². The zero-order chi connectivity index (χ0) is 12.8. The molecular weight excluding hydrogens is 228 g/mol. The average molecular weight is 246 g/mol. The third-order valence-electron chi connectivity index (χ3n) is 2.83. The summed E-state index contributed by atoms with van der Waals surface area (Å²) in [7, 11) is 0. The minimum atomic E-state index is -0.288. The van der Waals surface area contributed by atoms with Crippen LogP contribution in [0.1, 0.15) is 12.8 Å². The van der Waals surface area contributed by atoms with Crippen LogP contribution in [0.15, 0.2) is 36.9 Å². The number of rotatable bonds is 5. The van der Waals surface area contributed by atoms with Crippen LogP contribution in [0.25, 0.3) is 0 Å². The van der Waals surface area contributed by atoms with Crippen LogP contribution in [-0.4, -0.2) is 25.2 Å². The van der Waals surface area contributed by atoms with Gasteiger partial charge in [0.1, 0.15) is 6.10 Å². The fourth-order valence-corrected chi connectivity index (χ4v) is 1.87. The van der Waals surface area contributed by atoms with Gasteiger partial charge in [-0.15, -0.1) is 6.58 Å². The molecule has 1 heterocycles. The number of carbonyl (C=O) groups excluding carboxylic acids is 1. The standard InChI is InChI=1S/C14H18N2O2/c1-2-9-15-11-5-7-12(8-6-11)16-14(17)13-4-3-10-18-13/h2,5-8,13,15H,1,3-4,9-10H2,(H,16,17). The predicted molar refractivity (Wildman–Crippen MR) is 72.7 cm³/mol. The van der Waals surface area contributed by atoms with Crippen LogP contribution in [0.5, 0.6) is 0 Å². The second kappa shape index (κ2) is 6.21. The summed E-state index contributed by atoms with van der Waals surface area (Å²) in [6.45, 7) is 5.05. The number of benzene rings is 1. The first kappa shape index (κ1) is 12.6. The summed E-state index contributed by atoms with van der Waals surface area (Å²) in [5.41, 5.74) is 1.80. The van der Waals surface area contributed by atoms with E-state index in [-0.39, 0.29) is 12.0 Å². The zero-order valence-electron chi connectivity index (χ0n) is 10.3. The van der Waals surface area contributed by atoms with Gasteiger partial charge in [0.15, 0.2) is 0 Å². The highest BCUT2D eigenvalue weighted by atomic mass is 16.5. The van der Waals surface area contributed by atoms with Crippen molar-refractivity contribution >= 4 is 17.3 Å². The van der Waals surface area contributed by atoms with E-state index in [4.69, 9.17) is 4.74 Å². The van der Waals surface area contributed by atoms with Crippen molar-refractivity contribution in [2.24, 2.45) is 0 Å². The molecule has 0 aliphatic carbocycles. The molecule has 0 spiro atoms. The largest absolute Gasteiger partial charge is 0.382 e. The molecule has 1 atom stereocenters. The van der Waals surface area contributed by atoms with Crippen LogP contribution in [0.4, 0.5) is 11.4 Å². The van der Waals surface area contributed by atoms with Crippen molar-refractivity contribution in [3.63, 3.8) is 0 Å². The normalized spacial score (nSPS) is 18.3. The number of hydrogen-bond donors (Lipinski definition) is 2. The first-order chi connectivity index (χ1) is 8.79. The van der Waals surface area contributed by atoms with E-state index in [0.717, 1.165) is 30.8 Å². The molecule has 4 heteroatoms. The summed E-state index contributed by atoms with van der Waals surface area (Å²) in [5, 5.41) is 6.03. The SMILES string of the molecule is C=CCNc1ccc(NC(=O)C2CCCO2)cc1. The van der Waals surface area contributed by atoms with Crippen LogP contribution in [0.2, 0.25) is 0 Å². The van der Waals surface area contributed by atoms with E-state index in [0.29, 0.717) is 6.61 Å². The molecule has 1 aromatic rings. The van der Waals surface area contributed by atoms with Gasteiger partial charge < -0.3 is 15.4 Å². The smallest absolute Gasteiger partial charge is 0.253 e. The molecule has 0 bridgehead atoms. The number of nitrogens with one attached hydrogen (secondary N) is 2. The number of hydrogen-bond acceptors (Lipinski definition) is 3. The van der Waals surface area contributed by atoms with Gasteiger partial charge >= 0.3 is 0 Å². The van der Waals surface area contributed by atoms with Crippen LogP contribution in [0.3, 0.4) is 0 Å². The van der Waals surface area contributed by atoms with E-state index in [9.17, 15) is 4.79 Å². The number of carbonyl (C=O) groups is 1. The predicted octanol–water partition coefficient (Wildman–Crippen LogP) is 2.40. The van der Waals surface area contributed by atoms with E-state index in [1.807, 2.05) is 24.3 Å². The molecular formula is C14H18N2O2. The second-order valence-corrected chi connectivity index (χ2v) is 4.24. The fraction of sp³-hybridized carbons (Fsp3) is 0.357. The molecule has 1 saturated heterocycles. The van der Waals surface area contributed by atoms with Gasteiger partial charge in [-0.25, -0.2) is 0 Å². The summed E-state index contributed by atoms with van der Waals surface area (Å²) in [5.74, 6) is -0.0562. The van der Waals surface area contributed by atoms with Crippen molar-refractivity contribution < 1.29 is 9.53 Å². The van der Waals surface area contributed by atoms with Crippen molar-refractivity contribution in [2.75, 3.05) is 23.8 Å². The Bertz CT molecular complexity index is 408. The Balaban J connectivity index is 1.89. The van der Waals surface area contributed by atoms with Gasteiger partial charge in [-0.1, -0.05) is 6.08 Å². The average Bonchev–Trinajstić information content (AvgIpc) is 2.92. The molecule has 1 amide bonds. The van der Waals surface area contributed by atoms with Crippen molar-refractivity contribution in [1.29, 1.82) is 0 Å². The van der Waals surface area contributed by atoms with E-state index < -0.39 is 0 Å². The summed E-state index contributed by atoms with van der Waals surface area (Å²) in [4.78, 5) is 11.8. The molecule has 1 unspecified atom stereocenters. The molecule has 96 valence electrons. The van der Waals surface area contributed by atoms with Gasteiger partial charge in [-0.05, 0) is 37.1 Å². The maximum absolute atomic E-state index is 11.8. The van der Waals surface area contributed by atoms with Crippen molar-refractivity contribution in [3.8, 4) is 0 Å². The minimum Gasteiger partial charge on any atom is -0.382 e. The Kier molecular flexibility index (Phi) is 4.36. The summed E-state index contributed by atoms with van der Waals surface area (Å²) < 4.78 is 5.33. The molecule has 1 aliphatic heterocycles. The quantitative estimate of drug-likeness (QED) is 0.784. The first-order valence-corrected chi connectivity index (χ1v) is 6.17. The lowest BCUT2D eigenvalue weighted by molar-refractivity contribution is -0.124. The molecule has 1 aromatic carbocycles. The Hall–Kier alpha value is -1.81. The lowest BCUT2D eigenvalue weighted by Crippen LogP contribution is -2.26. The van der Waals surface area contributed by atoms with Gasteiger partial charge in [0.2, 0.25) is 0 Å². The van der Waals surface area contributed by atoms with Crippen LogP contribution in [0, 0.1) is 0 Å². The number of anilines is 2. The molecule has 0 radical (unpaired) electrons. The Labute approximate surface area is 107 Å². The summed E-state index contributed by atoms with van der Waals surface area (Å²) in [6, 6.07) is 7.60. The van der Waals surface area contributed by atoms with Gasteiger partial charge in [-0.3, -0.25) is 4.79 Å². The van der Waals surface area contributed by atoms with Crippen molar-refractivity contribution in [2.45, 2.75) is 18.9 Å². The van der Waals surface area contributed by atoms with E-state index in [1.54, 1.807) is 6.08 Å². The monoisotopic (exact) mass is 246 g/mol. The maximum atomic E-state index is 11.8. The molecule has 2 N–H and O–H groups in total. The number of amides is 1. The summed E-state index contributed by atoms with van der Waals surface area (Å²) >= 11 is 0. The molecule has 18 heavy (non-hydrogen) atoms. The van der Waals surface area contributed by atoms with Gasteiger partial charge in [0, 0.05) is 24.5 Å². The minimum absolute atomic E-state index is 0.0562. The maximum Gasteiger partial charge on any atom is 0.253 e. The third kappa shape index (κ3) is 3.34. The van der Waals surface area contributed by atoms with E-state index in [2.05, 4.69) is 17.2 Å². The van der Waals surface area contributed by atoms with Crippen LogP contribution in [-0.2, 0) is 9.53 Å². The highest BCUT2D eigenvalue weighted by Crippen LogP contribution is 2.17. The van der Waals surface area contributed by atoms with Crippen molar-refractivity contribution in [1.82, 2.24) is 0 Å². The van der Waals surface area contributed by atoms with Gasteiger partial charge in [-0.2, -0.15) is 0 Å². The zero-order valence-corrected chi connectivity index (χ0v) is 10.3.